The molecule has 0 unspecified atom stereocenters. The average Bonchev–Trinajstić information content (AvgIpc) is 4.02. The van der Waals surface area contributed by atoms with E-state index in [1.807, 2.05) is 30.3 Å². The van der Waals surface area contributed by atoms with Gasteiger partial charge in [-0.15, -0.1) is 0 Å². The molecule has 66 heavy (non-hydrogen) atoms. The van der Waals surface area contributed by atoms with Crippen LogP contribution in [0.5, 0.6) is 0 Å². The largest absolute Gasteiger partial charge is 0.319 e. The topological polar surface area (TPSA) is 46.2 Å². The van der Waals surface area contributed by atoms with E-state index in [1.54, 1.807) is 0 Å². The number of para-hydroxylation sites is 5. The van der Waals surface area contributed by atoms with E-state index in [0.29, 0.717) is 22.6 Å². The number of benzene rings is 10. The number of nitrogens with zero attached hydrogens (tertiary/aromatic N) is 6. The van der Waals surface area contributed by atoms with Crippen LogP contribution in [-0.2, 0) is 0 Å². The highest BCUT2D eigenvalue weighted by Gasteiger charge is 2.25. The molecule has 13 rings (SSSR count). The summed E-state index contributed by atoms with van der Waals surface area (Å²) in [4.78, 5) is 6.53. The monoisotopic (exact) mass is 840 g/mol. The maximum absolute atomic E-state index is 11.3. The lowest BCUT2D eigenvalue weighted by atomic mass is 10.0. The molecule has 10 aromatic carbocycles. The molecule has 0 aliphatic heterocycles. The fraction of sp³-hybridized carbons (Fsp3) is 0. The minimum atomic E-state index is 0.449. The van der Waals surface area contributed by atoms with E-state index in [4.69, 9.17) is 6.57 Å². The van der Waals surface area contributed by atoms with Crippen LogP contribution in [0, 0.1) is 17.9 Å². The quantitative estimate of drug-likeness (QED) is 0.157. The van der Waals surface area contributed by atoms with Crippen LogP contribution in [0.25, 0.3) is 98.1 Å². The molecule has 0 spiro atoms. The summed E-state index contributed by atoms with van der Waals surface area (Å²) in [5, 5.41) is 20.2. The van der Waals surface area contributed by atoms with Crippen molar-refractivity contribution in [2.45, 2.75) is 0 Å². The highest BCUT2D eigenvalue weighted by Crippen LogP contribution is 2.47. The molecule has 0 aliphatic carbocycles. The van der Waals surface area contributed by atoms with Gasteiger partial charge in [0, 0.05) is 55.1 Å². The molecule has 0 radical (unpaired) electrons. The van der Waals surface area contributed by atoms with E-state index in [0.717, 1.165) is 98.9 Å². The molecule has 306 valence electrons. The molecule has 6 nitrogen and oxygen atoms in total. The van der Waals surface area contributed by atoms with E-state index < -0.39 is 0 Å². The fourth-order valence-corrected chi connectivity index (χ4v) is 10.5. The number of hydrogen-bond acceptors (Lipinski definition) is 2. The molecule has 13 aromatic rings. The second-order valence-electron chi connectivity index (χ2n) is 16.7. The molecule has 0 amide bonds. The van der Waals surface area contributed by atoms with E-state index in [1.165, 1.54) is 0 Å². The summed E-state index contributed by atoms with van der Waals surface area (Å²) in [7, 11) is 0. The highest BCUT2D eigenvalue weighted by atomic mass is 15.1. The van der Waals surface area contributed by atoms with Crippen LogP contribution in [0.1, 0.15) is 5.56 Å². The van der Waals surface area contributed by atoms with Crippen molar-refractivity contribution in [3.05, 3.63) is 235 Å². The van der Waals surface area contributed by atoms with Crippen molar-refractivity contribution < 1.29 is 0 Å². The third-order valence-corrected chi connectivity index (χ3v) is 13.2. The molecule has 0 saturated carbocycles. The molecule has 3 aromatic heterocycles. The normalized spacial score (nSPS) is 11.6. The van der Waals surface area contributed by atoms with Gasteiger partial charge in [0.2, 0.25) is 5.69 Å². The Balaban J connectivity index is 1.15. The van der Waals surface area contributed by atoms with Crippen molar-refractivity contribution in [2.24, 2.45) is 0 Å². The van der Waals surface area contributed by atoms with Crippen molar-refractivity contribution >= 4 is 98.9 Å². The number of rotatable bonds is 6. The van der Waals surface area contributed by atoms with Gasteiger partial charge in [-0.2, -0.15) is 5.26 Å². The van der Waals surface area contributed by atoms with Crippen LogP contribution in [0.4, 0.5) is 22.7 Å². The third kappa shape index (κ3) is 5.40. The summed E-state index contributed by atoms with van der Waals surface area (Å²) in [6.45, 7) is 8.75. The minimum absolute atomic E-state index is 0.449. The molecular weight excluding hydrogens is 805 g/mol. The number of fused-ring (bicyclic) bond motifs is 12. The van der Waals surface area contributed by atoms with Gasteiger partial charge >= 0.3 is 0 Å². The first-order valence-corrected chi connectivity index (χ1v) is 22.0. The molecule has 0 saturated heterocycles. The Labute approximate surface area is 379 Å². The molecule has 0 aliphatic rings. The first-order chi connectivity index (χ1) is 32.7. The average molecular weight is 841 g/mol. The minimum Gasteiger partial charge on any atom is -0.319 e. The van der Waals surface area contributed by atoms with Crippen LogP contribution in [-0.4, -0.2) is 13.7 Å². The van der Waals surface area contributed by atoms with Gasteiger partial charge in [0.1, 0.15) is 6.07 Å². The summed E-state index contributed by atoms with van der Waals surface area (Å²) in [5.74, 6) is 0. The van der Waals surface area contributed by atoms with Gasteiger partial charge in [0.05, 0.1) is 56.6 Å². The lowest BCUT2D eigenvalue weighted by Crippen LogP contribution is -2.09. The van der Waals surface area contributed by atoms with Crippen LogP contribution in [0.2, 0.25) is 0 Å². The molecule has 6 heteroatoms. The Kier molecular flexibility index (Phi) is 8.24. The Bertz CT molecular complexity index is 4140. The molecular formula is C60H36N6. The van der Waals surface area contributed by atoms with Gasteiger partial charge in [0.15, 0.2) is 0 Å². The van der Waals surface area contributed by atoms with Gasteiger partial charge < -0.3 is 18.6 Å². The van der Waals surface area contributed by atoms with Crippen LogP contribution >= 0.6 is 0 Å². The number of aromatic nitrogens is 3. The predicted octanol–water partition coefficient (Wildman–Crippen LogP) is 16.0. The Morgan fingerprint density at radius 2 is 0.970 bits per heavy atom. The van der Waals surface area contributed by atoms with Crippen LogP contribution in [0.15, 0.2) is 218 Å². The smallest absolute Gasteiger partial charge is 0.212 e. The molecule has 0 fully saturated rings. The van der Waals surface area contributed by atoms with E-state index >= 15 is 0 Å². The lowest BCUT2D eigenvalue weighted by molar-refractivity contribution is 1.14. The maximum Gasteiger partial charge on any atom is 0.212 e. The number of hydrogen-bond donors (Lipinski definition) is 0. The van der Waals surface area contributed by atoms with Gasteiger partial charge in [-0.05, 0) is 102 Å². The highest BCUT2D eigenvalue weighted by molar-refractivity contribution is 6.27. The molecule has 0 atom stereocenters. The Hall–Kier alpha value is -9.36. The third-order valence-electron chi connectivity index (χ3n) is 13.2. The number of anilines is 3. The second-order valence-corrected chi connectivity index (χ2v) is 16.7. The van der Waals surface area contributed by atoms with Crippen molar-refractivity contribution in [1.82, 2.24) is 13.7 Å². The second kappa shape index (κ2) is 14.6. The molecule has 3 heterocycles. The summed E-state index contributed by atoms with van der Waals surface area (Å²) in [6.07, 6.45) is 0. The number of nitriles is 1. The van der Waals surface area contributed by atoms with Crippen molar-refractivity contribution in [3.8, 4) is 23.1 Å². The van der Waals surface area contributed by atoms with Crippen molar-refractivity contribution in [2.75, 3.05) is 4.90 Å². The summed E-state index contributed by atoms with van der Waals surface area (Å²) < 4.78 is 6.74. The van der Waals surface area contributed by atoms with Crippen LogP contribution < -0.4 is 4.90 Å². The van der Waals surface area contributed by atoms with Crippen molar-refractivity contribution in [3.63, 3.8) is 0 Å². The predicted molar refractivity (Wildman–Crippen MR) is 273 cm³/mol. The Morgan fingerprint density at radius 1 is 0.409 bits per heavy atom. The Morgan fingerprint density at radius 3 is 1.68 bits per heavy atom. The summed E-state index contributed by atoms with van der Waals surface area (Å²) in [5.41, 5.74) is 12.4. The maximum atomic E-state index is 11.3. The van der Waals surface area contributed by atoms with E-state index in [2.05, 4.69) is 218 Å². The van der Waals surface area contributed by atoms with Gasteiger partial charge in [0.25, 0.3) is 0 Å². The first kappa shape index (κ1) is 37.2. The van der Waals surface area contributed by atoms with Gasteiger partial charge in [-0.1, -0.05) is 127 Å². The lowest BCUT2D eigenvalue weighted by Gasteiger charge is -2.25. The summed E-state index contributed by atoms with van der Waals surface area (Å²) >= 11 is 0. The molecule has 0 bridgehead atoms. The van der Waals surface area contributed by atoms with Gasteiger partial charge in [-0.25, -0.2) is 4.85 Å². The zero-order valence-corrected chi connectivity index (χ0v) is 35.5. The van der Waals surface area contributed by atoms with E-state index in [9.17, 15) is 5.26 Å². The zero-order valence-electron chi connectivity index (χ0n) is 35.5. The first-order valence-electron chi connectivity index (χ1n) is 22.0. The SMILES string of the molecule is [C-]#[N+]c1cc(-n2c3ccc(N(c4ccccc4)c4ccccc4)cc3c3c2ccc2c4ccccc4n(-c4ccccc4)c23)c(C#N)cc1-n1c2ccccc2c2c3ccccc3ccc21. The zero-order chi connectivity index (χ0) is 43.9. The van der Waals surface area contributed by atoms with Crippen molar-refractivity contribution in [1.29, 1.82) is 5.26 Å². The van der Waals surface area contributed by atoms with Crippen LogP contribution in [0.3, 0.4) is 0 Å². The molecule has 0 N–H and O–H groups in total. The van der Waals surface area contributed by atoms with E-state index in [-0.39, 0.29) is 0 Å². The van der Waals surface area contributed by atoms with Gasteiger partial charge in [-0.3, -0.25) is 0 Å². The standard InChI is InChI=1S/C60H36N6/c1-62-50-37-56(40(38-61)35-57(50)66-52-28-16-14-26-48(52)58-45-24-12-11-17-39(45)29-32-54(58)66)65-53-33-30-44(63(41-18-5-2-6-19-41)42-20-7-3-8-21-42)36-49(53)59-55(65)34-31-47-46-25-13-15-27-51(46)64(60(47)59)43-22-9-4-10-23-43/h2-37H. The fourth-order valence-electron chi connectivity index (χ4n) is 10.5. The summed E-state index contributed by atoms with van der Waals surface area (Å²) in [6, 6.07) is 78.6.